The van der Waals surface area contributed by atoms with E-state index < -0.39 is 43.8 Å². The second kappa shape index (κ2) is 8.15. The van der Waals surface area contributed by atoms with Crippen molar-refractivity contribution in [1.82, 2.24) is 9.55 Å². The fraction of sp³-hybridized carbons (Fsp3) is 0.692. The second-order valence-electron chi connectivity index (χ2n) is 5.44. The van der Waals surface area contributed by atoms with Gasteiger partial charge in [-0.05, 0) is 36.4 Å². The van der Waals surface area contributed by atoms with E-state index in [-0.39, 0.29) is 22.6 Å². The van der Waals surface area contributed by atoms with Gasteiger partial charge in [0.05, 0.1) is 22.9 Å². The lowest BCUT2D eigenvalue weighted by molar-refractivity contribution is -0.140. The van der Waals surface area contributed by atoms with Gasteiger partial charge >= 0.3 is 19.2 Å². The van der Waals surface area contributed by atoms with Crippen LogP contribution in [0.15, 0.2) is 11.0 Å². The Bertz CT molecular complexity index is 754. The molecule has 1 aliphatic rings. The number of nitrogens with two attached hydrogens (primary N) is 1. The molecule has 0 spiro atoms. The molecule has 1 fully saturated rings. The first kappa shape index (κ1) is 21.6. The van der Waals surface area contributed by atoms with Gasteiger partial charge in [0.25, 0.3) is 0 Å². The van der Waals surface area contributed by atoms with E-state index in [2.05, 4.69) is 4.98 Å². The minimum Gasteiger partial charge on any atom is -0.384 e. The maximum Gasteiger partial charge on any atom is 0.351 e. The molecule has 2 rings (SSSR count). The highest BCUT2D eigenvalue weighted by Gasteiger charge is 2.61. The van der Waals surface area contributed by atoms with Gasteiger partial charge in [-0.3, -0.25) is 9.13 Å². The number of ether oxygens (including phenoxy) is 1. The Morgan fingerprint density at radius 3 is 2.58 bits per heavy atom. The van der Waals surface area contributed by atoms with Crippen LogP contribution in [0.4, 0.5) is 14.6 Å². The average Bonchev–Trinajstić information content (AvgIpc) is 2.75. The summed E-state index contributed by atoms with van der Waals surface area (Å²) < 4.78 is 57.7. The Balaban J connectivity index is 2.34. The average molecular weight is 509 g/mol. The molecule has 0 aliphatic carbocycles. The molecule has 13 heteroatoms. The van der Waals surface area contributed by atoms with Crippen molar-refractivity contribution in [3.05, 3.63) is 20.3 Å². The van der Waals surface area contributed by atoms with Crippen molar-refractivity contribution in [2.24, 2.45) is 0 Å². The molecule has 0 amide bonds. The lowest BCUT2D eigenvalue weighted by Gasteiger charge is -2.22. The van der Waals surface area contributed by atoms with Crippen molar-refractivity contribution in [2.45, 2.75) is 38.2 Å². The standard InChI is InChI=1S/C13H19F2IN3O6P/c1-3-23-26(22,24-4-2)6-8-9(20)13(14,15)11(25-8)19-5-7(16)10(17)18-12(19)21/h5,8-9,11,20H,3-4,6H2,1-2H3,(H2,17,18,21)/t8-,9-,11-/m1/s1. The van der Waals surface area contributed by atoms with Crippen LogP contribution in [0.5, 0.6) is 0 Å². The van der Waals surface area contributed by atoms with E-state index in [1.807, 2.05) is 0 Å². The van der Waals surface area contributed by atoms with E-state index in [0.29, 0.717) is 4.57 Å². The molecule has 2 heterocycles. The monoisotopic (exact) mass is 509 g/mol. The SMILES string of the molecule is CCOP(=O)(C[C@H]1O[C@@H](n2cc(I)c(N)nc2=O)C(F)(F)[C@@H]1O)OCC. The Hall–Kier alpha value is -0.660. The summed E-state index contributed by atoms with van der Waals surface area (Å²) in [6.07, 6.45) is -5.54. The molecule has 0 bridgehead atoms. The van der Waals surface area contributed by atoms with E-state index in [1.54, 1.807) is 36.4 Å². The Kier molecular flexibility index (Phi) is 6.78. The van der Waals surface area contributed by atoms with Gasteiger partial charge in [0, 0.05) is 6.20 Å². The number of aromatic nitrogens is 2. The quantitative estimate of drug-likeness (QED) is 0.420. The van der Waals surface area contributed by atoms with E-state index in [9.17, 15) is 23.2 Å². The topological polar surface area (TPSA) is 126 Å². The summed E-state index contributed by atoms with van der Waals surface area (Å²) in [6, 6.07) is 0. The molecule has 0 radical (unpaired) electrons. The summed E-state index contributed by atoms with van der Waals surface area (Å²) in [5.41, 5.74) is 4.42. The Morgan fingerprint density at radius 2 is 2.04 bits per heavy atom. The first-order valence-corrected chi connectivity index (χ1v) is 10.5. The number of anilines is 1. The van der Waals surface area contributed by atoms with Crippen LogP contribution in [0.2, 0.25) is 0 Å². The van der Waals surface area contributed by atoms with E-state index in [4.69, 9.17) is 19.5 Å². The predicted molar refractivity (Wildman–Crippen MR) is 96.2 cm³/mol. The largest absolute Gasteiger partial charge is 0.384 e. The van der Waals surface area contributed by atoms with E-state index >= 15 is 0 Å². The highest BCUT2D eigenvalue weighted by molar-refractivity contribution is 14.1. The third-order valence-corrected chi connectivity index (χ3v) is 6.56. The minimum absolute atomic E-state index is 0.0272. The van der Waals surface area contributed by atoms with Crippen molar-refractivity contribution in [1.29, 1.82) is 0 Å². The van der Waals surface area contributed by atoms with Gasteiger partial charge in [0.15, 0.2) is 0 Å². The number of halogens is 3. The summed E-state index contributed by atoms with van der Waals surface area (Å²) in [5.74, 6) is -3.94. The number of alkyl halides is 2. The maximum absolute atomic E-state index is 14.5. The summed E-state index contributed by atoms with van der Waals surface area (Å²) in [7, 11) is -3.75. The Labute approximate surface area is 161 Å². The fourth-order valence-electron chi connectivity index (χ4n) is 2.50. The fourth-order valence-corrected chi connectivity index (χ4v) is 4.72. The molecule has 0 aromatic carbocycles. The van der Waals surface area contributed by atoms with Crippen LogP contribution in [0, 0.1) is 3.57 Å². The highest BCUT2D eigenvalue weighted by atomic mass is 127. The maximum atomic E-state index is 14.5. The first-order chi connectivity index (χ1) is 12.1. The molecule has 1 aromatic rings. The molecule has 3 atom stereocenters. The number of hydrogen-bond acceptors (Lipinski definition) is 8. The smallest absolute Gasteiger partial charge is 0.351 e. The van der Waals surface area contributed by atoms with Gasteiger partial charge in [-0.2, -0.15) is 13.8 Å². The van der Waals surface area contributed by atoms with Crippen LogP contribution in [0.25, 0.3) is 0 Å². The van der Waals surface area contributed by atoms with Crippen LogP contribution in [-0.2, 0) is 18.3 Å². The zero-order valence-corrected chi connectivity index (χ0v) is 17.0. The molecule has 26 heavy (non-hydrogen) atoms. The zero-order chi connectivity index (χ0) is 19.7. The predicted octanol–water partition coefficient (Wildman–Crippen LogP) is 1.59. The summed E-state index contributed by atoms with van der Waals surface area (Å²) in [4.78, 5) is 15.4. The van der Waals surface area contributed by atoms with Gasteiger partial charge in [0.2, 0.25) is 6.23 Å². The van der Waals surface area contributed by atoms with Crippen molar-refractivity contribution in [2.75, 3.05) is 25.1 Å². The Morgan fingerprint density at radius 1 is 1.46 bits per heavy atom. The van der Waals surface area contributed by atoms with Gasteiger partial charge in [-0.1, -0.05) is 0 Å². The number of aliphatic hydroxyl groups is 1. The highest BCUT2D eigenvalue weighted by Crippen LogP contribution is 2.53. The minimum atomic E-state index is -3.83. The van der Waals surface area contributed by atoms with Gasteiger partial charge < -0.3 is 24.6 Å². The van der Waals surface area contributed by atoms with Crippen LogP contribution < -0.4 is 11.4 Å². The summed E-state index contributed by atoms with van der Waals surface area (Å²) in [6.45, 7) is 3.19. The molecule has 0 unspecified atom stereocenters. The van der Waals surface area contributed by atoms with Crippen molar-refractivity contribution >= 4 is 36.0 Å². The van der Waals surface area contributed by atoms with Crippen LogP contribution >= 0.6 is 30.2 Å². The first-order valence-electron chi connectivity index (χ1n) is 7.69. The van der Waals surface area contributed by atoms with E-state index in [0.717, 1.165) is 6.20 Å². The van der Waals surface area contributed by atoms with Crippen LogP contribution in [0.1, 0.15) is 20.1 Å². The normalized spacial score (nSPS) is 25.5. The molecular weight excluding hydrogens is 490 g/mol. The molecule has 1 saturated heterocycles. The molecule has 1 aliphatic heterocycles. The third-order valence-electron chi connectivity index (χ3n) is 3.62. The number of nitrogen functional groups attached to an aromatic ring is 1. The zero-order valence-electron chi connectivity index (χ0n) is 14.0. The van der Waals surface area contributed by atoms with Gasteiger partial charge in [-0.25, -0.2) is 4.79 Å². The summed E-state index contributed by atoms with van der Waals surface area (Å²) in [5, 5.41) is 9.99. The molecule has 148 valence electrons. The lowest BCUT2D eigenvalue weighted by atomic mass is 10.1. The number of aliphatic hydroxyl groups excluding tert-OH is 1. The van der Waals surface area contributed by atoms with Gasteiger partial charge in [-0.15, -0.1) is 0 Å². The molecule has 3 N–H and O–H groups in total. The van der Waals surface area contributed by atoms with Crippen molar-refractivity contribution in [3.8, 4) is 0 Å². The molecule has 0 saturated carbocycles. The third kappa shape index (κ3) is 4.25. The molecular formula is C13H19F2IN3O6P. The van der Waals surface area contributed by atoms with Crippen LogP contribution in [-0.4, -0.2) is 52.2 Å². The summed E-state index contributed by atoms with van der Waals surface area (Å²) >= 11 is 1.72. The number of nitrogens with zero attached hydrogens (tertiary/aromatic N) is 2. The lowest BCUT2D eigenvalue weighted by Crippen LogP contribution is -2.42. The van der Waals surface area contributed by atoms with Gasteiger partial charge in [0.1, 0.15) is 18.0 Å². The number of rotatable bonds is 7. The van der Waals surface area contributed by atoms with Crippen LogP contribution in [0.3, 0.4) is 0 Å². The molecule has 1 aromatic heterocycles. The van der Waals surface area contributed by atoms with Crippen molar-refractivity contribution < 1.29 is 32.2 Å². The molecule has 9 nitrogen and oxygen atoms in total. The second-order valence-corrected chi connectivity index (χ2v) is 8.70. The van der Waals surface area contributed by atoms with Crippen molar-refractivity contribution in [3.63, 3.8) is 0 Å². The number of hydrogen-bond donors (Lipinski definition) is 2. The van der Waals surface area contributed by atoms with E-state index in [1.165, 1.54) is 0 Å².